The van der Waals surface area contributed by atoms with E-state index in [9.17, 15) is 0 Å². The summed E-state index contributed by atoms with van der Waals surface area (Å²) in [7, 11) is 0. The van der Waals surface area contributed by atoms with Gasteiger partial charge >= 0.3 is 0 Å². The van der Waals surface area contributed by atoms with Gasteiger partial charge in [0.2, 0.25) is 0 Å². The van der Waals surface area contributed by atoms with Gasteiger partial charge in [0, 0.05) is 6.54 Å². The van der Waals surface area contributed by atoms with Crippen LogP contribution in [0.1, 0.15) is 33.1 Å². The second-order valence-electron chi connectivity index (χ2n) is 3.74. The molecule has 0 fully saturated rings. The van der Waals surface area contributed by atoms with Gasteiger partial charge in [0.15, 0.2) is 0 Å². The molecule has 0 aromatic rings. The third-order valence-corrected chi connectivity index (χ3v) is 2.43. The number of hydrogen-bond donors (Lipinski definition) is 2. The van der Waals surface area contributed by atoms with Crippen molar-refractivity contribution in [2.75, 3.05) is 6.54 Å². The van der Waals surface area contributed by atoms with Crippen molar-refractivity contribution < 1.29 is 0 Å². The molecule has 1 heterocycles. The molecule has 1 atom stereocenters. The maximum absolute atomic E-state index is 5.76. The zero-order valence-electron chi connectivity index (χ0n) is 8.64. The molecule has 0 aromatic carbocycles. The fourth-order valence-electron chi connectivity index (χ4n) is 1.59. The van der Waals surface area contributed by atoms with E-state index in [1.165, 1.54) is 18.4 Å². The lowest BCUT2D eigenvalue weighted by atomic mass is 10.0. The normalized spacial score (nSPS) is 19.5. The molecule has 3 N–H and O–H groups in total. The highest BCUT2D eigenvalue weighted by Gasteiger charge is 2.07. The van der Waals surface area contributed by atoms with Crippen molar-refractivity contribution in [3.63, 3.8) is 0 Å². The Bertz CT molecular complexity index is 216. The molecule has 2 heteroatoms. The maximum Gasteiger partial charge on any atom is 0.0993 e. The summed E-state index contributed by atoms with van der Waals surface area (Å²) in [6.07, 6.45) is 8.02. The maximum atomic E-state index is 5.76. The van der Waals surface area contributed by atoms with Crippen LogP contribution in [0, 0.1) is 5.92 Å². The fraction of sp³-hybridized carbons (Fsp3) is 0.636. The number of hydrogen-bond acceptors (Lipinski definition) is 2. The predicted octanol–water partition coefficient (Wildman–Crippen LogP) is 2.14. The molecule has 0 radical (unpaired) electrons. The monoisotopic (exact) mass is 180 g/mol. The summed E-state index contributed by atoms with van der Waals surface area (Å²) in [6, 6.07) is 0. The van der Waals surface area contributed by atoms with E-state index in [0.717, 1.165) is 18.8 Å². The van der Waals surface area contributed by atoms with E-state index in [1.807, 2.05) is 0 Å². The lowest BCUT2D eigenvalue weighted by Crippen LogP contribution is -2.14. The summed E-state index contributed by atoms with van der Waals surface area (Å²) >= 11 is 0. The van der Waals surface area contributed by atoms with Crippen LogP contribution in [0.4, 0.5) is 0 Å². The van der Waals surface area contributed by atoms with Gasteiger partial charge in [-0.05, 0) is 24.3 Å². The molecule has 1 aliphatic rings. The lowest BCUT2D eigenvalue weighted by Gasteiger charge is -2.02. The first kappa shape index (κ1) is 10.2. The van der Waals surface area contributed by atoms with Crippen LogP contribution < -0.4 is 11.1 Å². The van der Waals surface area contributed by atoms with Crippen molar-refractivity contribution >= 4 is 0 Å². The highest BCUT2D eigenvalue weighted by atomic mass is 15.0. The van der Waals surface area contributed by atoms with E-state index in [4.69, 9.17) is 5.73 Å². The van der Waals surface area contributed by atoms with Crippen LogP contribution in [-0.2, 0) is 0 Å². The molecule has 0 amide bonds. The zero-order valence-corrected chi connectivity index (χ0v) is 8.64. The highest BCUT2D eigenvalue weighted by Crippen LogP contribution is 2.14. The second kappa shape index (κ2) is 4.95. The molecular weight excluding hydrogens is 160 g/mol. The topological polar surface area (TPSA) is 38.0 Å². The van der Waals surface area contributed by atoms with Gasteiger partial charge in [0.25, 0.3) is 0 Å². The Morgan fingerprint density at radius 1 is 1.62 bits per heavy atom. The standard InChI is InChI=1S/C11H20N2/c1-3-4-9(2)5-6-10-7-8-13-11(10)12/h5-6,9,13H,3-4,7-8,12H2,1-2H3/b6-5-. The quantitative estimate of drug-likeness (QED) is 0.695. The summed E-state index contributed by atoms with van der Waals surface area (Å²) in [5.41, 5.74) is 7.02. The van der Waals surface area contributed by atoms with Crippen molar-refractivity contribution in [3.05, 3.63) is 23.5 Å². The van der Waals surface area contributed by atoms with E-state index in [1.54, 1.807) is 0 Å². The van der Waals surface area contributed by atoms with Crippen molar-refractivity contribution in [2.45, 2.75) is 33.1 Å². The van der Waals surface area contributed by atoms with Gasteiger partial charge in [0.1, 0.15) is 0 Å². The summed E-state index contributed by atoms with van der Waals surface area (Å²) in [4.78, 5) is 0. The smallest absolute Gasteiger partial charge is 0.0993 e. The van der Waals surface area contributed by atoms with Crippen LogP contribution in [0.5, 0.6) is 0 Å². The third-order valence-electron chi connectivity index (χ3n) is 2.43. The average Bonchev–Trinajstić information content (AvgIpc) is 2.48. The van der Waals surface area contributed by atoms with Gasteiger partial charge in [-0.1, -0.05) is 32.4 Å². The van der Waals surface area contributed by atoms with E-state index < -0.39 is 0 Å². The zero-order chi connectivity index (χ0) is 9.68. The Kier molecular flexibility index (Phi) is 3.87. The van der Waals surface area contributed by atoms with Crippen LogP contribution in [0.3, 0.4) is 0 Å². The molecule has 2 nitrogen and oxygen atoms in total. The lowest BCUT2D eigenvalue weighted by molar-refractivity contribution is 0.633. The van der Waals surface area contributed by atoms with Crippen LogP contribution in [0.15, 0.2) is 23.5 Å². The Labute approximate surface area is 80.9 Å². The number of nitrogens with two attached hydrogens (primary N) is 1. The van der Waals surface area contributed by atoms with Gasteiger partial charge in [-0.3, -0.25) is 0 Å². The minimum Gasteiger partial charge on any atom is -0.385 e. The summed E-state index contributed by atoms with van der Waals surface area (Å²) in [6.45, 7) is 5.46. The SMILES string of the molecule is CCCC(C)/C=C\C1=C(N)NCC1. The fourth-order valence-corrected chi connectivity index (χ4v) is 1.59. The summed E-state index contributed by atoms with van der Waals surface area (Å²) in [5, 5.41) is 3.13. The minimum absolute atomic E-state index is 0.672. The second-order valence-corrected chi connectivity index (χ2v) is 3.74. The van der Waals surface area contributed by atoms with Gasteiger partial charge in [-0.15, -0.1) is 0 Å². The van der Waals surface area contributed by atoms with Crippen molar-refractivity contribution in [2.24, 2.45) is 11.7 Å². The number of allylic oxidation sites excluding steroid dienone is 2. The van der Waals surface area contributed by atoms with Gasteiger partial charge in [-0.2, -0.15) is 0 Å². The van der Waals surface area contributed by atoms with E-state index >= 15 is 0 Å². The first-order valence-corrected chi connectivity index (χ1v) is 5.14. The van der Waals surface area contributed by atoms with E-state index in [2.05, 4.69) is 31.3 Å². The highest BCUT2D eigenvalue weighted by molar-refractivity contribution is 5.27. The molecule has 1 rings (SSSR count). The molecular formula is C11H20N2. The Morgan fingerprint density at radius 3 is 2.92 bits per heavy atom. The van der Waals surface area contributed by atoms with Crippen molar-refractivity contribution in [1.29, 1.82) is 0 Å². The third kappa shape index (κ3) is 3.13. The van der Waals surface area contributed by atoms with Gasteiger partial charge in [0.05, 0.1) is 5.82 Å². The predicted molar refractivity (Wildman–Crippen MR) is 57.0 cm³/mol. The largest absolute Gasteiger partial charge is 0.385 e. The molecule has 1 unspecified atom stereocenters. The molecule has 13 heavy (non-hydrogen) atoms. The van der Waals surface area contributed by atoms with Crippen LogP contribution in [-0.4, -0.2) is 6.54 Å². The van der Waals surface area contributed by atoms with Gasteiger partial charge < -0.3 is 11.1 Å². The first-order valence-electron chi connectivity index (χ1n) is 5.14. The summed E-state index contributed by atoms with van der Waals surface area (Å²) < 4.78 is 0. The molecule has 0 bridgehead atoms. The number of nitrogens with one attached hydrogen (secondary N) is 1. The Hall–Kier alpha value is -0.920. The summed E-state index contributed by atoms with van der Waals surface area (Å²) in [5.74, 6) is 1.53. The molecule has 1 aliphatic heterocycles. The Morgan fingerprint density at radius 2 is 2.38 bits per heavy atom. The van der Waals surface area contributed by atoms with Crippen LogP contribution >= 0.6 is 0 Å². The molecule has 0 saturated heterocycles. The van der Waals surface area contributed by atoms with E-state index in [0.29, 0.717) is 5.92 Å². The molecule has 0 saturated carbocycles. The van der Waals surface area contributed by atoms with Crippen LogP contribution in [0.25, 0.3) is 0 Å². The average molecular weight is 180 g/mol. The molecule has 0 spiro atoms. The van der Waals surface area contributed by atoms with Gasteiger partial charge in [-0.25, -0.2) is 0 Å². The van der Waals surface area contributed by atoms with E-state index in [-0.39, 0.29) is 0 Å². The van der Waals surface area contributed by atoms with Crippen molar-refractivity contribution in [1.82, 2.24) is 5.32 Å². The molecule has 74 valence electrons. The molecule has 0 aromatic heterocycles. The van der Waals surface area contributed by atoms with Crippen molar-refractivity contribution in [3.8, 4) is 0 Å². The molecule has 0 aliphatic carbocycles. The van der Waals surface area contributed by atoms with Crippen LogP contribution in [0.2, 0.25) is 0 Å². The minimum atomic E-state index is 0.672. The Balaban J connectivity index is 2.43. The number of rotatable bonds is 4. The first-order chi connectivity index (χ1) is 6.24.